The van der Waals surface area contributed by atoms with Crippen molar-refractivity contribution in [2.24, 2.45) is 5.92 Å². The van der Waals surface area contributed by atoms with Gasteiger partial charge in [-0.2, -0.15) is 4.31 Å². The highest BCUT2D eigenvalue weighted by Gasteiger charge is 2.32. The molecule has 1 aromatic carbocycles. The van der Waals surface area contributed by atoms with Crippen LogP contribution in [0, 0.1) is 5.92 Å². The first kappa shape index (κ1) is 25.0. The highest BCUT2D eigenvalue weighted by molar-refractivity contribution is 9.11. The number of carbonyl (C=O) groups is 1. The number of piperidine rings is 1. The molecule has 0 unspecified atom stereocenters. The molecule has 0 saturated carbocycles. The summed E-state index contributed by atoms with van der Waals surface area (Å²) in [6, 6.07) is 4.12. The molecule has 0 spiro atoms. The fourth-order valence-corrected chi connectivity index (χ4v) is 6.84. The van der Waals surface area contributed by atoms with Gasteiger partial charge in [0.15, 0.2) is 0 Å². The van der Waals surface area contributed by atoms with Crippen molar-refractivity contribution in [1.29, 1.82) is 0 Å². The average molecular weight is 581 g/mol. The van der Waals surface area contributed by atoms with Crippen molar-refractivity contribution in [1.82, 2.24) is 14.1 Å². The minimum absolute atomic E-state index is 0.136. The summed E-state index contributed by atoms with van der Waals surface area (Å²) in [5, 5.41) is 9.87. The molecule has 31 heavy (non-hydrogen) atoms. The molecular weight excluding hydrogens is 550 g/mol. The predicted molar refractivity (Wildman–Crippen MR) is 129 cm³/mol. The fourth-order valence-electron chi connectivity index (χ4n) is 4.47. The number of benzene rings is 1. The highest BCUT2D eigenvalue weighted by Crippen LogP contribution is 2.34. The van der Waals surface area contributed by atoms with E-state index in [1.54, 1.807) is 11.2 Å². The van der Waals surface area contributed by atoms with Crippen LogP contribution in [-0.2, 0) is 21.2 Å². The molecule has 0 bridgehead atoms. The third-order valence-corrected chi connectivity index (χ3v) is 9.45. The van der Waals surface area contributed by atoms with E-state index in [4.69, 9.17) is 0 Å². The van der Waals surface area contributed by atoms with Crippen LogP contribution in [0.3, 0.4) is 0 Å². The summed E-state index contributed by atoms with van der Waals surface area (Å²) < 4.78 is 26.9. The van der Waals surface area contributed by atoms with E-state index in [0.29, 0.717) is 34.5 Å². The summed E-state index contributed by atoms with van der Waals surface area (Å²) in [5.41, 5.74) is 0.993. The van der Waals surface area contributed by atoms with Crippen molar-refractivity contribution < 1.29 is 18.3 Å². The van der Waals surface area contributed by atoms with Crippen LogP contribution in [0.25, 0.3) is 0 Å². The van der Waals surface area contributed by atoms with E-state index in [2.05, 4.69) is 36.8 Å². The summed E-state index contributed by atoms with van der Waals surface area (Å²) in [5.74, 6) is 0.349. The molecule has 2 aliphatic heterocycles. The van der Waals surface area contributed by atoms with Crippen LogP contribution >= 0.6 is 31.9 Å². The number of likely N-dealkylation sites (tertiary alicyclic amines) is 1. The number of phenolic OH excluding ortho intramolecular Hbond substituents is 1. The van der Waals surface area contributed by atoms with E-state index in [-0.39, 0.29) is 23.3 Å². The lowest BCUT2D eigenvalue weighted by atomic mass is 9.97. The van der Waals surface area contributed by atoms with Gasteiger partial charge >= 0.3 is 0 Å². The molecule has 1 amide bonds. The molecule has 2 saturated heterocycles. The Labute approximate surface area is 202 Å². The molecule has 10 heteroatoms. The standard InChI is InChI=1S/C21H31Br2N3O4S/c1-3-31(29,30)26-10-8-24(9-11-26)17-4-6-25(7-5-17)21(28)15(2)12-16-13-18(22)20(27)19(23)14-16/h13-15,17,27H,3-12H2,1-2H3/t15-/m1/s1. The Bertz CT molecular complexity index is 873. The van der Waals surface area contributed by atoms with Crippen LogP contribution in [0.5, 0.6) is 5.75 Å². The first-order valence-corrected chi connectivity index (χ1v) is 14.0. The molecule has 2 fully saturated rings. The van der Waals surface area contributed by atoms with Crippen molar-refractivity contribution in [3.8, 4) is 5.75 Å². The van der Waals surface area contributed by atoms with Gasteiger partial charge in [0.05, 0.1) is 14.7 Å². The van der Waals surface area contributed by atoms with Gasteiger partial charge in [0, 0.05) is 51.2 Å². The largest absolute Gasteiger partial charge is 0.506 e. The van der Waals surface area contributed by atoms with Crippen molar-refractivity contribution in [2.75, 3.05) is 45.0 Å². The second kappa shape index (κ2) is 10.5. The molecule has 1 atom stereocenters. The minimum Gasteiger partial charge on any atom is -0.506 e. The van der Waals surface area contributed by atoms with Gasteiger partial charge in [-0.25, -0.2) is 8.42 Å². The number of amides is 1. The number of halogens is 2. The lowest BCUT2D eigenvalue weighted by Gasteiger charge is -2.42. The van der Waals surface area contributed by atoms with E-state index < -0.39 is 10.0 Å². The molecule has 1 N–H and O–H groups in total. The van der Waals surface area contributed by atoms with Gasteiger partial charge < -0.3 is 10.0 Å². The lowest BCUT2D eigenvalue weighted by molar-refractivity contribution is -0.136. The average Bonchev–Trinajstić information content (AvgIpc) is 2.77. The van der Waals surface area contributed by atoms with Crippen LogP contribution in [-0.4, -0.2) is 84.6 Å². The molecule has 2 aliphatic rings. The second-order valence-electron chi connectivity index (χ2n) is 8.41. The molecule has 3 rings (SSSR count). The zero-order valence-electron chi connectivity index (χ0n) is 18.1. The van der Waals surface area contributed by atoms with Gasteiger partial charge in [-0.05, 0) is 75.7 Å². The molecule has 0 radical (unpaired) electrons. The summed E-state index contributed by atoms with van der Waals surface area (Å²) in [4.78, 5) is 17.3. The molecule has 174 valence electrons. The Morgan fingerprint density at radius 1 is 1.10 bits per heavy atom. The number of rotatable bonds is 6. The van der Waals surface area contributed by atoms with Gasteiger partial charge in [-0.3, -0.25) is 9.69 Å². The first-order valence-electron chi connectivity index (χ1n) is 10.8. The number of hydrogen-bond acceptors (Lipinski definition) is 5. The molecule has 0 aliphatic carbocycles. The number of sulfonamides is 1. The third-order valence-electron chi connectivity index (χ3n) is 6.36. The van der Waals surface area contributed by atoms with Crippen LogP contribution in [0.2, 0.25) is 0 Å². The summed E-state index contributed by atoms with van der Waals surface area (Å²) in [6.07, 6.45) is 2.47. The van der Waals surface area contributed by atoms with E-state index in [9.17, 15) is 18.3 Å². The van der Waals surface area contributed by atoms with Crippen LogP contribution in [0.15, 0.2) is 21.1 Å². The Morgan fingerprint density at radius 3 is 2.16 bits per heavy atom. The number of carbonyl (C=O) groups excluding carboxylic acids is 1. The third kappa shape index (κ3) is 6.01. The van der Waals surface area contributed by atoms with Crippen LogP contribution in [0.4, 0.5) is 0 Å². The molecule has 2 heterocycles. The maximum atomic E-state index is 13.0. The number of piperazine rings is 1. The maximum absolute atomic E-state index is 13.0. The summed E-state index contributed by atoms with van der Waals surface area (Å²) in [7, 11) is -3.10. The van der Waals surface area contributed by atoms with Gasteiger partial charge in [0.1, 0.15) is 5.75 Å². The summed E-state index contributed by atoms with van der Waals surface area (Å²) >= 11 is 6.69. The Hall–Kier alpha value is -0.680. The minimum atomic E-state index is -3.10. The molecule has 7 nitrogen and oxygen atoms in total. The van der Waals surface area contributed by atoms with Crippen LogP contribution < -0.4 is 0 Å². The zero-order valence-corrected chi connectivity index (χ0v) is 22.0. The Kier molecular flexibility index (Phi) is 8.45. The molecular formula is C21H31Br2N3O4S. The fraction of sp³-hybridized carbons (Fsp3) is 0.667. The zero-order chi connectivity index (χ0) is 22.8. The predicted octanol–water partition coefficient (Wildman–Crippen LogP) is 3.05. The van der Waals surface area contributed by atoms with Gasteiger partial charge in [-0.15, -0.1) is 0 Å². The maximum Gasteiger partial charge on any atom is 0.225 e. The van der Waals surface area contributed by atoms with E-state index in [1.165, 1.54) is 0 Å². The van der Waals surface area contributed by atoms with E-state index in [0.717, 1.165) is 44.6 Å². The second-order valence-corrected chi connectivity index (χ2v) is 12.4. The van der Waals surface area contributed by atoms with Crippen molar-refractivity contribution >= 4 is 47.8 Å². The Balaban J connectivity index is 1.49. The smallest absolute Gasteiger partial charge is 0.225 e. The molecule has 0 aromatic heterocycles. The topological polar surface area (TPSA) is 81.2 Å². The van der Waals surface area contributed by atoms with Crippen LogP contribution in [0.1, 0.15) is 32.3 Å². The first-order chi connectivity index (χ1) is 14.6. The van der Waals surface area contributed by atoms with E-state index >= 15 is 0 Å². The van der Waals surface area contributed by atoms with Crippen molar-refractivity contribution in [2.45, 2.75) is 39.2 Å². The quantitative estimate of drug-likeness (QED) is 0.559. The van der Waals surface area contributed by atoms with Gasteiger partial charge in [0.2, 0.25) is 15.9 Å². The van der Waals surface area contributed by atoms with Gasteiger partial charge in [0.25, 0.3) is 0 Å². The highest BCUT2D eigenvalue weighted by atomic mass is 79.9. The number of phenols is 1. The SMILES string of the molecule is CCS(=O)(=O)N1CCN(C2CCN(C(=O)[C@H](C)Cc3cc(Br)c(O)c(Br)c3)CC2)CC1. The normalized spacial score (nSPS) is 20.7. The number of hydrogen-bond donors (Lipinski definition) is 1. The number of nitrogens with zero attached hydrogens (tertiary/aromatic N) is 3. The van der Waals surface area contributed by atoms with Crippen molar-refractivity contribution in [3.63, 3.8) is 0 Å². The molecule has 1 aromatic rings. The lowest BCUT2D eigenvalue weighted by Crippen LogP contribution is -2.55. The monoisotopic (exact) mass is 579 g/mol. The van der Waals surface area contributed by atoms with Gasteiger partial charge in [-0.1, -0.05) is 6.92 Å². The Morgan fingerprint density at radius 2 is 1.65 bits per heavy atom. The van der Waals surface area contributed by atoms with Crippen molar-refractivity contribution in [3.05, 3.63) is 26.6 Å². The number of aromatic hydroxyl groups is 1. The summed E-state index contributed by atoms with van der Waals surface area (Å²) in [6.45, 7) is 7.77. The van der Waals surface area contributed by atoms with E-state index in [1.807, 2.05) is 24.0 Å².